The highest BCUT2D eigenvalue weighted by molar-refractivity contribution is 6.31. The van der Waals surface area contributed by atoms with E-state index in [9.17, 15) is 4.79 Å². The summed E-state index contributed by atoms with van der Waals surface area (Å²) in [4.78, 5) is 16.0. The fraction of sp³-hybridized carbons (Fsp3) is 0.143. The Hall–Kier alpha value is -1.98. The lowest BCUT2D eigenvalue weighted by Gasteiger charge is -2.15. The SMILES string of the molecule is CC(Oc1cncc(Cl)c1)C(=O)Nc1cc(Cl)ccc1N. The molecule has 5 nitrogen and oxygen atoms in total. The molecule has 7 heteroatoms. The highest BCUT2D eigenvalue weighted by Crippen LogP contribution is 2.23. The maximum Gasteiger partial charge on any atom is 0.265 e. The van der Waals surface area contributed by atoms with E-state index in [0.29, 0.717) is 27.2 Å². The number of carbonyl (C=O) groups is 1. The maximum atomic E-state index is 12.1. The highest BCUT2D eigenvalue weighted by atomic mass is 35.5. The number of carbonyl (C=O) groups excluding carboxylic acids is 1. The molecule has 0 saturated heterocycles. The molecule has 0 spiro atoms. The first-order chi connectivity index (χ1) is 9.95. The van der Waals surface area contributed by atoms with Crippen LogP contribution in [0, 0.1) is 0 Å². The number of amides is 1. The third-order valence-corrected chi connectivity index (χ3v) is 3.08. The van der Waals surface area contributed by atoms with Gasteiger partial charge < -0.3 is 15.8 Å². The van der Waals surface area contributed by atoms with Crippen molar-refractivity contribution in [3.05, 3.63) is 46.7 Å². The number of anilines is 2. The first kappa shape index (κ1) is 15.4. The Morgan fingerprint density at radius 2 is 2.05 bits per heavy atom. The van der Waals surface area contributed by atoms with E-state index in [1.165, 1.54) is 12.4 Å². The van der Waals surface area contributed by atoms with Crippen LogP contribution >= 0.6 is 23.2 Å². The first-order valence-electron chi connectivity index (χ1n) is 6.09. The summed E-state index contributed by atoms with van der Waals surface area (Å²) in [5, 5.41) is 3.57. The molecule has 1 amide bonds. The molecule has 21 heavy (non-hydrogen) atoms. The molecular formula is C14H13Cl2N3O2. The Balaban J connectivity index is 2.04. The van der Waals surface area contributed by atoms with Crippen LogP contribution in [0.25, 0.3) is 0 Å². The van der Waals surface area contributed by atoms with E-state index in [-0.39, 0.29) is 5.91 Å². The minimum Gasteiger partial charge on any atom is -0.479 e. The molecule has 1 aromatic carbocycles. The van der Waals surface area contributed by atoms with Crippen molar-refractivity contribution in [2.24, 2.45) is 0 Å². The number of hydrogen-bond donors (Lipinski definition) is 2. The van der Waals surface area contributed by atoms with Crippen LogP contribution in [0.4, 0.5) is 11.4 Å². The van der Waals surface area contributed by atoms with Crippen molar-refractivity contribution in [3.63, 3.8) is 0 Å². The summed E-state index contributed by atoms with van der Waals surface area (Å²) >= 11 is 11.7. The summed E-state index contributed by atoms with van der Waals surface area (Å²) in [5.74, 6) is 0.0492. The molecule has 1 unspecified atom stereocenters. The summed E-state index contributed by atoms with van der Waals surface area (Å²) in [6.07, 6.45) is 2.21. The second kappa shape index (κ2) is 6.65. The van der Waals surface area contributed by atoms with Crippen LogP contribution in [-0.4, -0.2) is 17.0 Å². The smallest absolute Gasteiger partial charge is 0.265 e. The molecule has 1 heterocycles. The van der Waals surface area contributed by atoms with Crippen LogP contribution in [0.2, 0.25) is 10.0 Å². The van der Waals surface area contributed by atoms with E-state index in [2.05, 4.69) is 10.3 Å². The van der Waals surface area contributed by atoms with Crippen LogP contribution in [0.15, 0.2) is 36.7 Å². The third-order valence-electron chi connectivity index (χ3n) is 2.64. The molecule has 2 aromatic rings. The quantitative estimate of drug-likeness (QED) is 0.845. The highest BCUT2D eigenvalue weighted by Gasteiger charge is 2.16. The van der Waals surface area contributed by atoms with Gasteiger partial charge in [0, 0.05) is 17.3 Å². The number of aromatic nitrogens is 1. The molecule has 0 aliphatic rings. The average molecular weight is 326 g/mol. The lowest BCUT2D eigenvalue weighted by Crippen LogP contribution is -2.30. The predicted molar refractivity (Wildman–Crippen MR) is 83.8 cm³/mol. The second-order valence-electron chi connectivity index (χ2n) is 4.32. The van der Waals surface area contributed by atoms with Crippen molar-refractivity contribution >= 4 is 40.5 Å². The number of rotatable bonds is 4. The van der Waals surface area contributed by atoms with Gasteiger partial charge in [-0.15, -0.1) is 0 Å². The normalized spacial score (nSPS) is 11.8. The van der Waals surface area contributed by atoms with E-state index in [0.717, 1.165) is 0 Å². The Kier molecular flexibility index (Phi) is 4.88. The molecule has 1 atom stereocenters. The monoisotopic (exact) mass is 325 g/mol. The zero-order valence-corrected chi connectivity index (χ0v) is 12.7. The van der Waals surface area contributed by atoms with E-state index < -0.39 is 6.10 Å². The zero-order valence-electron chi connectivity index (χ0n) is 11.1. The molecule has 0 aliphatic heterocycles. The molecular weight excluding hydrogens is 313 g/mol. The van der Waals surface area contributed by atoms with Gasteiger partial charge in [-0.3, -0.25) is 9.78 Å². The fourth-order valence-electron chi connectivity index (χ4n) is 1.59. The largest absolute Gasteiger partial charge is 0.479 e. The Bertz CT molecular complexity index is 664. The van der Waals surface area contributed by atoms with Crippen LogP contribution in [-0.2, 0) is 4.79 Å². The average Bonchev–Trinajstić information content (AvgIpc) is 2.43. The number of nitrogens with zero attached hydrogens (tertiary/aromatic N) is 1. The summed E-state index contributed by atoms with van der Waals surface area (Å²) in [5.41, 5.74) is 6.63. The summed E-state index contributed by atoms with van der Waals surface area (Å²) in [6, 6.07) is 6.41. The van der Waals surface area contributed by atoms with Crippen molar-refractivity contribution in [1.29, 1.82) is 0 Å². The van der Waals surface area contributed by atoms with Gasteiger partial charge in [0.05, 0.1) is 22.6 Å². The van der Waals surface area contributed by atoms with E-state index in [4.69, 9.17) is 33.7 Å². The maximum absolute atomic E-state index is 12.1. The van der Waals surface area contributed by atoms with E-state index >= 15 is 0 Å². The van der Waals surface area contributed by atoms with Crippen molar-refractivity contribution in [3.8, 4) is 5.75 Å². The molecule has 0 aliphatic carbocycles. The molecule has 0 saturated carbocycles. The molecule has 110 valence electrons. The number of ether oxygens (including phenoxy) is 1. The van der Waals surface area contributed by atoms with E-state index in [1.54, 1.807) is 31.2 Å². The molecule has 0 radical (unpaired) electrons. The summed E-state index contributed by atoms with van der Waals surface area (Å²) in [7, 11) is 0. The first-order valence-corrected chi connectivity index (χ1v) is 6.84. The van der Waals surface area contributed by atoms with E-state index in [1.807, 2.05) is 0 Å². The lowest BCUT2D eigenvalue weighted by molar-refractivity contribution is -0.122. The molecule has 1 aromatic heterocycles. The topological polar surface area (TPSA) is 77.2 Å². The summed E-state index contributed by atoms with van der Waals surface area (Å²) in [6.45, 7) is 1.61. The number of benzene rings is 1. The number of pyridine rings is 1. The van der Waals surface area contributed by atoms with Crippen molar-refractivity contribution in [1.82, 2.24) is 4.98 Å². The van der Waals surface area contributed by atoms with Gasteiger partial charge in [-0.25, -0.2) is 0 Å². The molecule has 0 bridgehead atoms. The van der Waals surface area contributed by atoms with Gasteiger partial charge in [0.25, 0.3) is 5.91 Å². The number of hydrogen-bond acceptors (Lipinski definition) is 4. The molecule has 3 N–H and O–H groups in total. The van der Waals surface area contributed by atoms with Gasteiger partial charge in [0.1, 0.15) is 5.75 Å². The number of nitrogens with two attached hydrogens (primary N) is 1. The van der Waals surface area contributed by atoms with Crippen LogP contribution in [0.1, 0.15) is 6.92 Å². The van der Waals surface area contributed by atoms with Crippen molar-refractivity contribution in [2.75, 3.05) is 11.1 Å². The van der Waals surface area contributed by atoms with Crippen LogP contribution < -0.4 is 15.8 Å². The van der Waals surface area contributed by atoms with Gasteiger partial charge >= 0.3 is 0 Å². The summed E-state index contributed by atoms with van der Waals surface area (Å²) < 4.78 is 5.47. The van der Waals surface area contributed by atoms with Crippen molar-refractivity contribution < 1.29 is 9.53 Å². The number of halogens is 2. The predicted octanol–water partition coefficient (Wildman–Crippen LogP) is 3.38. The second-order valence-corrected chi connectivity index (χ2v) is 5.19. The Labute approximate surface area is 132 Å². The standard InChI is InChI=1S/C14H13Cl2N3O2/c1-8(21-11-4-10(16)6-18-7-11)14(20)19-13-5-9(15)2-3-12(13)17/h2-8H,17H2,1H3,(H,19,20). The van der Waals surface area contributed by atoms with Crippen LogP contribution in [0.3, 0.4) is 0 Å². The van der Waals surface area contributed by atoms with Crippen molar-refractivity contribution in [2.45, 2.75) is 13.0 Å². The lowest BCUT2D eigenvalue weighted by atomic mass is 10.2. The van der Waals surface area contributed by atoms with Gasteiger partial charge in [-0.2, -0.15) is 0 Å². The van der Waals surface area contributed by atoms with Crippen LogP contribution in [0.5, 0.6) is 5.75 Å². The fourth-order valence-corrected chi connectivity index (χ4v) is 1.92. The Morgan fingerprint density at radius 1 is 1.29 bits per heavy atom. The minimum atomic E-state index is -0.747. The molecule has 2 rings (SSSR count). The minimum absolute atomic E-state index is 0.357. The number of nitrogen functional groups attached to an aromatic ring is 1. The molecule has 0 fully saturated rings. The third kappa shape index (κ3) is 4.24. The zero-order chi connectivity index (χ0) is 15.4. The Morgan fingerprint density at radius 3 is 2.76 bits per heavy atom. The van der Waals surface area contributed by atoms with Gasteiger partial charge in [-0.1, -0.05) is 23.2 Å². The number of nitrogens with one attached hydrogen (secondary N) is 1. The van der Waals surface area contributed by atoms with Gasteiger partial charge in [0.2, 0.25) is 0 Å². The van der Waals surface area contributed by atoms with Gasteiger partial charge in [-0.05, 0) is 25.1 Å². The van der Waals surface area contributed by atoms with Gasteiger partial charge in [0.15, 0.2) is 6.10 Å².